The van der Waals surface area contributed by atoms with Crippen LogP contribution >= 0.6 is 0 Å². The zero-order valence-corrected chi connectivity index (χ0v) is 6.78. The third-order valence-electron chi connectivity index (χ3n) is 1.33. The van der Waals surface area contributed by atoms with Gasteiger partial charge in [-0.15, -0.1) is 6.54 Å². The number of nitro groups is 1. The molecule has 0 saturated heterocycles. The second-order valence-electron chi connectivity index (χ2n) is 2.10. The zero-order chi connectivity index (χ0) is 8.27. The summed E-state index contributed by atoms with van der Waals surface area (Å²) in [5.74, 6) is 0. The van der Waals surface area contributed by atoms with E-state index in [4.69, 9.17) is 5.73 Å². The van der Waals surface area contributed by atoms with Crippen molar-refractivity contribution < 1.29 is 23.8 Å². The van der Waals surface area contributed by atoms with E-state index in [0.29, 0.717) is 5.56 Å². The standard InChI is InChI=1S/C7H7N2O2.Li/c8-5-6-2-1-3-7(4-6)9(10)11;/h1-4,8H,5H2;/q-1;+1. The van der Waals surface area contributed by atoms with Crippen LogP contribution in [0.3, 0.4) is 0 Å². The molecule has 1 N–H and O–H groups in total. The molecule has 0 heterocycles. The number of hydrogen-bond acceptors (Lipinski definition) is 2. The van der Waals surface area contributed by atoms with Gasteiger partial charge in [-0.1, -0.05) is 17.7 Å². The SMILES string of the molecule is [Li+].[NH-]Cc1cccc([N+](=O)[O-])c1. The molecule has 4 nitrogen and oxygen atoms in total. The normalized spacial score (nSPS) is 8.75. The van der Waals surface area contributed by atoms with Gasteiger partial charge in [0.15, 0.2) is 0 Å². The third kappa shape index (κ3) is 2.66. The number of nitro benzene ring substituents is 1. The Morgan fingerprint density at radius 2 is 2.17 bits per heavy atom. The van der Waals surface area contributed by atoms with E-state index in [0.717, 1.165) is 0 Å². The number of nitrogens with zero attached hydrogens (tertiary/aromatic N) is 1. The minimum Gasteiger partial charge on any atom is -0.674 e. The van der Waals surface area contributed by atoms with Crippen molar-refractivity contribution in [3.8, 4) is 0 Å². The van der Waals surface area contributed by atoms with Gasteiger partial charge in [0.1, 0.15) is 0 Å². The molecule has 0 bridgehead atoms. The van der Waals surface area contributed by atoms with Gasteiger partial charge in [-0.3, -0.25) is 10.1 Å². The Balaban J connectivity index is 0.00000121. The summed E-state index contributed by atoms with van der Waals surface area (Å²) in [5.41, 5.74) is 7.68. The van der Waals surface area contributed by atoms with Crippen LogP contribution in [0.1, 0.15) is 5.56 Å². The molecule has 0 spiro atoms. The monoisotopic (exact) mass is 158 g/mol. The van der Waals surface area contributed by atoms with Gasteiger partial charge >= 0.3 is 18.9 Å². The Morgan fingerprint density at radius 1 is 1.50 bits per heavy atom. The third-order valence-corrected chi connectivity index (χ3v) is 1.33. The number of rotatable bonds is 2. The molecule has 1 aromatic carbocycles. The van der Waals surface area contributed by atoms with Crippen molar-refractivity contribution in [2.75, 3.05) is 0 Å². The van der Waals surface area contributed by atoms with E-state index >= 15 is 0 Å². The Kier molecular flexibility index (Phi) is 4.60. The summed E-state index contributed by atoms with van der Waals surface area (Å²) in [6.45, 7) is 0.0850. The molecule has 5 heteroatoms. The van der Waals surface area contributed by atoms with Crippen molar-refractivity contribution in [2.24, 2.45) is 0 Å². The molecular weight excluding hydrogens is 151 g/mol. The predicted molar refractivity (Wildman–Crippen MR) is 41.1 cm³/mol. The van der Waals surface area contributed by atoms with Crippen molar-refractivity contribution in [2.45, 2.75) is 6.54 Å². The largest absolute Gasteiger partial charge is 1.00 e. The second-order valence-corrected chi connectivity index (χ2v) is 2.10. The van der Waals surface area contributed by atoms with Gasteiger partial charge in [0.05, 0.1) is 4.92 Å². The van der Waals surface area contributed by atoms with Crippen molar-refractivity contribution in [3.63, 3.8) is 0 Å². The van der Waals surface area contributed by atoms with Gasteiger partial charge in [0.2, 0.25) is 0 Å². The summed E-state index contributed by atoms with van der Waals surface area (Å²) in [5, 5.41) is 10.2. The van der Waals surface area contributed by atoms with Crippen LogP contribution in [0.15, 0.2) is 24.3 Å². The van der Waals surface area contributed by atoms with Crippen molar-refractivity contribution in [1.29, 1.82) is 0 Å². The molecule has 0 aromatic heterocycles. The maximum Gasteiger partial charge on any atom is 1.00 e. The topological polar surface area (TPSA) is 66.9 Å². The fourth-order valence-corrected chi connectivity index (χ4v) is 0.780. The molecule has 12 heavy (non-hydrogen) atoms. The quantitative estimate of drug-likeness (QED) is 0.319. The van der Waals surface area contributed by atoms with E-state index in [1.165, 1.54) is 12.1 Å². The van der Waals surface area contributed by atoms with E-state index in [2.05, 4.69) is 0 Å². The van der Waals surface area contributed by atoms with Crippen molar-refractivity contribution >= 4 is 5.69 Å². The summed E-state index contributed by atoms with van der Waals surface area (Å²) >= 11 is 0. The van der Waals surface area contributed by atoms with Crippen molar-refractivity contribution in [3.05, 3.63) is 45.7 Å². The number of hydrogen-bond donors (Lipinski definition) is 0. The summed E-state index contributed by atoms with van der Waals surface area (Å²) in [7, 11) is 0. The molecule has 58 valence electrons. The van der Waals surface area contributed by atoms with Gasteiger partial charge < -0.3 is 5.73 Å². The summed E-state index contributed by atoms with van der Waals surface area (Å²) < 4.78 is 0. The predicted octanol–water partition coefficient (Wildman–Crippen LogP) is -0.849. The Bertz CT molecular complexity index is 278. The smallest absolute Gasteiger partial charge is 0.674 e. The first kappa shape index (κ1) is 11.2. The first-order valence-corrected chi connectivity index (χ1v) is 3.12. The number of nitrogens with one attached hydrogen (secondary N) is 1. The first-order chi connectivity index (χ1) is 5.24. The Hall–Kier alpha value is -0.823. The minimum absolute atomic E-state index is 0. The number of benzene rings is 1. The van der Waals surface area contributed by atoms with Gasteiger partial charge in [0, 0.05) is 12.1 Å². The molecule has 0 amide bonds. The minimum atomic E-state index is -0.459. The summed E-state index contributed by atoms with van der Waals surface area (Å²) in [6, 6.07) is 6.11. The molecule has 0 aliphatic heterocycles. The molecule has 0 aliphatic rings. The van der Waals surface area contributed by atoms with Crippen LogP contribution < -0.4 is 18.9 Å². The Labute approximate surface area is 82.1 Å². The Morgan fingerprint density at radius 3 is 2.67 bits per heavy atom. The maximum atomic E-state index is 10.2. The van der Waals surface area contributed by atoms with Crippen LogP contribution in [0.25, 0.3) is 5.73 Å². The average molecular weight is 158 g/mol. The van der Waals surface area contributed by atoms with Crippen molar-refractivity contribution in [1.82, 2.24) is 0 Å². The molecule has 0 atom stereocenters. The van der Waals surface area contributed by atoms with E-state index in [9.17, 15) is 10.1 Å². The van der Waals surface area contributed by atoms with E-state index in [1.807, 2.05) is 0 Å². The van der Waals surface area contributed by atoms with Gasteiger partial charge in [0.25, 0.3) is 5.69 Å². The van der Waals surface area contributed by atoms with Crippen LogP contribution in [0.5, 0.6) is 0 Å². The molecular formula is C7H7LiN2O2. The molecule has 0 radical (unpaired) electrons. The summed E-state index contributed by atoms with van der Waals surface area (Å²) in [4.78, 5) is 9.75. The van der Waals surface area contributed by atoms with Crippen LogP contribution in [0.4, 0.5) is 5.69 Å². The van der Waals surface area contributed by atoms with E-state index in [-0.39, 0.29) is 31.1 Å². The zero-order valence-electron chi connectivity index (χ0n) is 6.78. The molecule has 0 unspecified atom stereocenters. The van der Waals surface area contributed by atoms with Gasteiger partial charge in [-0.2, -0.15) is 0 Å². The molecule has 0 saturated carbocycles. The first-order valence-electron chi connectivity index (χ1n) is 3.12. The molecule has 0 fully saturated rings. The molecule has 0 aliphatic carbocycles. The fraction of sp³-hybridized carbons (Fsp3) is 0.143. The average Bonchev–Trinajstić information content (AvgIpc) is 2.05. The molecule has 1 aromatic rings. The van der Waals surface area contributed by atoms with Gasteiger partial charge in [-0.05, 0) is 0 Å². The van der Waals surface area contributed by atoms with E-state index < -0.39 is 4.92 Å². The van der Waals surface area contributed by atoms with Crippen LogP contribution in [0.2, 0.25) is 0 Å². The maximum absolute atomic E-state index is 10.2. The second kappa shape index (κ2) is 4.94. The van der Waals surface area contributed by atoms with Crippen LogP contribution in [-0.2, 0) is 6.54 Å². The van der Waals surface area contributed by atoms with Gasteiger partial charge in [-0.25, -0.2) is 0 Å². The van der Waals surface area contributed by atoms with Crippen LogP contribution in [-0.4, -0.2) is 4.92 Å². The molecule has 1 rings (SSSR count). The number of non-ortho nitro benzene ring substituents is 1. The van der Waals surface area contributed by atoms with E-state index in [1.54, 1.807) is 12.1 Å². The fourth-order valence-electron chi connectivity index (χ4n) is 0.780. The summed E-state index contributed by atoms with van der Waals surface area (Å²) in [6.07, 6.45) is 0. The van der Waals surface area contributed by atoms with Crippen LogP contribution in [0, 0.1) is 10.1 Å².